The first-order chi connectivity index (χ1) is 7.70. The van der Waals surface area contributed by atoms with Crippen molar-refractivity contribution in [3.05, 3.63) is 24.3 Å². The first-order valence-corrected chi connectivity index (χ1v) is 5.94. The monoisotopic (exact) mass is 235 g/mol. The van der Waals surface area contributed by atoms with Gasteiger partial charge >= 0.3 is 0 Å². The molecule has 0 fully saturated rings. The maximum Gasteiger partial charge on any atom is 0.257 e. The lowest BCUT2D eigenvalue weighted by Crippen LogP contribution is -2.23. The second-order valence-corrected chi connectivity index (χ2v) is 4.57. The standard InChI is InChI=1S/C11H13N3OS/c1-2-9(10(12)13)16-11-14-7-5-3-4-6-8(7)15-11/h3-6,9H,2H2,1H3,(H3,12,13). The number of nitrogens with two attached hydrogens (primary N) is 1. The topological polar surface area (TPSA) is 75.9 Å². The molecule has 1 aromatic heterocycles. The van der Waals surface area contributed by atoms with Crippen LogP contribution < -0.4 is 5.73 Å². The van der Waals surface area contributed by atoms with E-state index in [9.17, 15) is 0 Å². The molecule has 1 atom stereocenters. The SMILES string of the molecule is CCC(Sc1nc2ccccc2o1)C(=N)N. The average Bonchev–Trinajstić information content (AvgIpc) is 2.67. The Hall–Kier alpha value is -1.49. The summed E-state index contributed by atoms with van der Waals surface area (Å²) in [6.07, 6.45) is 0.790. The number of benzene rings is 1. The van der Waals surface area contributed by atoms with Crippen LogP contribution in [0.25, 0.3) is 11.1 Å². The summed E-state index contributed by atoms with van der Waals surface area (Å²) in [5.41, 5.74) is 7.09. The predicted molar refractivity (Wildman–Crippen MR) is 65.9 cm³/mol. The van der Waals surface area contributed by atoms with Crippen LogP contribution in [0.4, 0.5) is 0 Å². The van der Waals surface area contributed by atoms with Gasteiger partial charge in [-0.15, -0.1) is 0 Å². The molecule has 1 aromatic carbocycles. The number of nitrogens with zero attached hydrogens (tertiary/aromatic N) is 1. The summed E-state index contributed by atoms with van der Waals surface area (Å²) in [6, 6.07) is 7.60. The van der Waals surface area contributed by atoms with Gasteiger partial charge in [-0.05, 0) is 18.6 Å². The van der Waals surface area contributed by atoms with Gasteiger partial charge in [0.15, 0.2) is 5.58 Å². The van der Waals surface area contributed by atoms with Gasteiger partial charge in [-0.25, -0.2) is 4.98 Å². The van der Waals surface area contributed by atoms with E-state index in [0.717, 1.165) is 17.5 Å². The van der Waals surface area contributed by atoms with Gasteiger partial charge in [0.25, 0.3) is 5.22 Å². The first-order valence-electron chi connectivity index (χ1n) is 5.07. The molecule has 3 N–H and O–H groups in total. The maximum absolute atomic E-state index is 7.42. The van der Waals surface area contributed by atoms with Gasteiger partial charge in [0.1, 0.15) is 11.4 Å². The van der Waals surface area contributed by atoms with Crippen molar-refractivity contribution in [1.29, 1.82) is 5.41 Å². The van der Waals surface area contributed by atoms with Gasteiger partial charge in [-0.1, -0.05) is 30.8 Å². The Balaban J connectivity index is 2.24. The van der Waals surface area contributed by atoms with Crippen LogP contribution in [0.2, 0.25) is 0 Å². The molecule has 16 heavy (non-hydrogen) atoms. The fraction of sp³-hybridized carbons (Fsp3) is 0.273. The summed E-state index contributed by atoms with van der Waals surface area (Å²) in [4.78, 5) is 4.33. The highest BCUT2D eigenvalue weighted by Gasteiger charge is 2.15. The number of amidine groups is 1. The van der Waals surface area contributed by atoms with E-state index in [1.165, 1.54) is 11.8 Å². The van der Waals surface area contributed by atoms with Crippen molar-refractivity contribution in [2.45, 2.75) is 23.8 Å². The predicted octanol–water partition coefficient (Wildman–Crippen LogP) is 2.63. The van der Waals surface area contributed by atoms with Gasteiger partial charge in [-0.3, -0.25) is 5.41 Å². The largest absolute Gasteiger partial charge is 0.431 e. The number of hydrogen-bond acceptors (Lipinski definition) is 4. The Morgan fingerprint density at radius 1 is 1.56 bits per heavy atom. The molecular weight excluding hydrogens is 222 g/mol. The molecule has 1 unspecified atom stereocenters. The lowest BCUT2D eigenvalue weighted by atomic mass is 10.3. The molecule has 0 aliphatic carbocycles. The fourth-order valence-electron chi connectivity index (χ4n) is 1.39. The number of nitrogens with one attached hydrogen (secondary N) is 1. The summed E-state index contributed by atoms with van der Waals surface area (Å²) < 4.78 is 5.55. The second-order valence-electron chi connectivity index (χ2n) is 3.42. The van der Waals surface area contributed by atoms with Crippen LogP contribution in [0.1, 0.15) is 13.3 Å². The third-order valence-electron chi connectivity index (χ3n) is 2.24. The highest BCUT2D eigenvalue weighted by atomic mass is 32.2. The van der Waals surface area contributed by atoms with Gasteiger partial charge in [0.05, 0.1) is 5.25 Å². The number of hydrogen-bond donors (Lipinski definition) is 2. The molecule has 0 amide bonds. The fourth-order valence-corrected chi connectivity index (χ4v) is 2.22. The molecule has 0 aliphatic heterocycles. The molecule has 1 heterocycles. The molecule has 5 heteroatoms. The molecule has 4 nitrogen and oxygen atoms in total. The number of thioether (sulfide) groups is 1. The zero-order valence-electron chi connectivity index (χ0n) is 8.93. The second kappa shape index (κ2) is 4.57. The van der Waals surface area contributed by atoms with Gasteiger partial charge in [0.2, 0.25) is 0 Å². The number of fused-ring (bicyclic) bond motifs is 1. The minimum Gasteiger partial charge on any atom is -0.431 e. The van der Waals surface area contributed by atoms with Crippen LogP contribution >= 0.6 is 11.8 Å². The molecule has 2 rings (SSSR count). The number of oxazole rings is 1. The van der Waals surface area contributed by atoms with Crippen molar-refractivity contribution in [1.82, 2.24) is 4.98 Å². The van der Waals surface area contributed by atoms with Crippen molar-refractivity contribution >= 4 is 28.7 Å². The van der Waals surface area contributed by atoms with Gasteiger partial charge in [-0.2, -0.15) is 0 Å². The van der Waals surface area contributed by atoms with Gasteiger partial charge in [0, 0.05) is 0 Å². The Morgan fingerprint density at radius 3 is 2.94 bits per heavy atom. The molecule has 0 bridgehead atoms. The molecule has 0 radical (unpaired) electrons. The zero-order valence-corrected chi connectivity index (χ0v) is 9.75. The van der Waals surface area contributed by atoms with E-state index >= 15 is 0 Å². The third kappa shape index (κ3) is 2.19. The van der Waals surface area contributed by atoms with Crippen LogP contribution in [0.3, 0.4) is 0 Å². The van der Waals surface area contributed by atoms with Crippen molar-refractivity contribution in [3.8, 4) is 0 Å². The van der Waals surface area contributed by atoms with Crippen LogP contribution in [-0.4, -0.2) is 16.1 Å². The Morgan fingerprint density at radius 2 is 2.31 bits per heavy atom. The van der Waals surface area contributed by atoms with Crippen LogP contribution in [0.15, 0.2) is 33.9 Å². The van der Waals surface area contributed by atoms with Crippen molar-refractivity contribution in [3.63, 3.8) is 0 Å². The van der Waals surface area contributed by atoms with E-state index in [0.29, 0.717) is 5.22 Å². The molecule has 2 aromatic rings. The van der Waals surface area contributed by atoms with Gasteiger partial charge < -0.3 is 10.2 Å². The number of para-hydroxylation sites is 2. The Kier molecular flexibility index (Phi) is 3.14. The summed E-state index contributed by atoms with van der Waals surface area (Å²) in [7, 11) is 0. The van der Waals surface area contributed by atoms with Crippen molar-refractivity contribution in [2.24, 2.45) is 5.73 Å². The minimum absolute atomic E-state index is 0.0620. The van der Waals surface area contributed by atoms with Crippen molar-refractivity contribution < 1.29 is 4.42 Å². The maximum atomic E-state index is 7.42. The molecule has 0 saturated carbocycles. The van der Waals surface area contributed by atoms with Crippen molar-refractivity contribution in [2.75, 3.05) is 0 Å². The van der Waals surface area contributed by atoms with Crippen LogP contribution in [0, 0.1) is 5.41 Å². The summed E-state index contributed by atoms with van der Waals surface area (Å²) in [5, 5.41) is 7.93. The highest BCUT2D eigenvalue weighted by Crippen LogP contribution is 2.27. The molecule has 0 aliphatic rings. The Labute approximate surface area is 97.7 Å². The molecule has 84 valence electrons. The quantitative estimate of drug-likeness (QED) is 0.485. The number of aromatic nitrogens is 1. The van der Waals surface area contributed by atoms with E-state index in [2.05, 4.69) is 4.98 Å². The summed E-state index contributed by atoms with van der Waals surface area (Å²) >= 11 is 1.40. The van der Waals surface area contributed by atoms with Crippen LogP contribution in [0.5, 0.6) is 0 Å². The van der Waals surface area contributed by atoms with E-state index in [-0.39, 0.29) is 11.1 Å². The summed E-state index contributed by atoms with van der Waals surface area (Å²) in [5.74, 6) is 0.162. The highest BCUT2D eigenvalue weighted by molar-refractivity contribution is 8.00. The molecular formula is C11H13N3OS. The zero-order chi connectivity index (χ0) is 11.5. The Bertz CT molecular complexity index is 476. The smallest absolute Gasteiger partial charge is 0.257 e. The van der Waals surface area contributed by atoms with E-state index < -0.39 is 0 Å². The van der Waals surface area contributed by atoms with E-state index in [4.69, 9.17) is 15.6 Å². The lowest BCUT2D eigenvalue weighted by Gasteiger charge is -2.08. The summed E-state index contributed by atoms with van der Waals surface area (Å²) in [6.45, 7) is 1.99. The average molecular weight is 235 g/mol. The minimum atomic E-state index is -0.0620. The van der Waals surface area contributed by atoms with E-state index in [1.54, 1.807) is 0 Å². The number of rotatable bonds is 4. The molecule has 0 saturated heterocycles. The normalized spacial score (nSPS) is 12.8. The lowest BCUT2D eigenvalue weighted by molar-refractivity contribution is 0.489. The molecule has 0 spiro atoms. The first kappa shape index (κ1) is 11.0. The van der Waals surface area contributed by atoms with E-state index in [1.807, 2.05) is 31.2 Å². The third-order valence-corrected chi connectivity index (χ3v) is 3.48. The van der Waals surface area contributed by atoms with Crippen LogP contribution in [-0.2, 0) is 0 Å².